The van der Waals surface area contributed by atoms with E-state index in [0.717, 1.165) is 62.9 Å². The van der Waals surface area contributed by atoms with Crippen LogP contribution >= 0.6 is 0 Å². The fourth-order valence-corrected chi connectivity index (χ4v) is 5.68. The minimum atomic E-state index is 0.272. The Bertz CT molecular complexity index is 1370. The fraction of sp³-hybridized carbons (Fsp3) is 0.486. The molecule has 0 unspecified atom stereocenters. The van der Waals surface area contributed by atoms with Gasteiger partial charge in [-0.2, -0.15) is 5.26 Å². The third kappa shape index (κ3) is 12.8. The van der Waals surface area contributed by atoms with Crippen molar-refractivity contribution in [1.82, 2.24) is 19.7 Å². The predicted octanol–water partition coefficient (Wildman–Crippen LogP) is 5.36. The lowest BCUT2D eigenvalue weighted by Crippen LogP contribution is -2.35. The summed E-state index contributed by atoms with van der Waals surface area (Å²) in [6, 6.07) is 22.6. The molecule has 47 heavy (non-hydrogen) atoms. The van der Waals surface area contributed by atoms with Gasteiger partial charge in [-0.25, -0.2) is 9.88 Å². The summed E-state index contributed by atoms with van der Waals surface area (Å²) in [5.41, 5.74) is 8.66. The molecule has 2 aromatic carbocycles. The molecule has 10 nitrogen and oxygen atoms in total. The first kappa shape index (κ1) is 35.5. The number of guanidine groups is 1. The number of benzene rings is 2. The molecule has 0 atom stereocenters. The van der Waals surface area contributed by atoms with Crippen LogP contribution in [0.2, 0.25) is 0 Å². The molecular weight excluding hydrogens is 588 g/mol. The first-order valence-electron chi connectivity index (χ1n) is 16.9. The van der Waals surface area contributed by atoms with E-state index in [2.05, 4.69) is 74.3 Å². The van der Waals surface area contributed by atoms with Gasteiger partial charge < -0.3 is 25.0 Å². The SMILES string of the molecule is COc1ccc(CN(CCN(C)CCCCN=C(N)N(C#N)CCCOc2cccc(CN3CCCCC3)c2)c2ccccn2)cc1. The predicted molar refractivity (Wildman–Crippen MR) is 190 cm³/mol. The maximum Gasteiger partial charge on any atom is 0.204 e. The van der Waals surface area contributed by atoms with Gasteiger partial charge in [0.05, 0.1) is 13.7 Å². The van der Waals surface area contributed by atoms with Crippen molar-refractivity contribution in [2.45, 2.75) is 51.6 Å². The second kappa shape index (κ2) is 20.0. The molecule has 4 rings (SSSR count). The Kier molecular flexibility index (Phi) is 15.1. The second-order valence-corrected chi connectivity index (χ2v) is 12.1. The highest BCUT2D eigenvalue weighted by Crippen LogP contribution is 2.19. The van der Waals surface area contributed by atoms with Crippen LogP contribution in [-0.2, 0) is 13.1 Å². The van der Waals surface area contributed by atoms with Crippen molar-refractivity contribution in [3.8, 4) is 17.7 Å². The standard InChI is InChI=1S/C37H52N8O2/c1-42(25-26-44(36-14-4-5-19-40-36)30-32-15-17-34(46-2)18-16-32)21-9-6-20-41-37(39)45(31-38)24-11-27-47-35-13-10-12-33(28-35)29-43-22-7-3-8-23-43/h4-5,10,12-19,28H,3,6-9,11,20-27,29-30H2,1-2H3,(H2,39,41). The van der Waals surface area contributed by atoms with Crippen LogP contribution in [0.1, 0.15) is 49.7 Å². The minimum absolute atomic E-state index is 0.272. The Morgan fingerprint density at radius 1 is 0.915 bits per heavy atom. The van der Waals surface area contributed by atoms with Crippen LogP contribution in [0, 0.1) is 11.5 Å². The van der Waals surface area contributed by atoms with Crippen molar-refractivity contribution in [1.29, 1.82) is 5.26 Å². The van der Waals surface area contributed by atoms with Gasteiger partial charge in [-0.15, -0.1) is 0 Å². The largest absolute Gasteiger partial charge is 0.497 e. The molecule has 0 saturated carbocycles. The van der Waals surface area contributed by atoms with E-state index >= 15 is 0 Å². The summed E-state index contributed by atoms with van der Waals surface area (Å²) in [7, 11) is 3.83. The number of hydrogen-bond donors (Lipinski definition) is 1. The summed E-state index contributed by atoms with van der Waals surface area (Å²) in [5, 5.41) is 9.63. The van der Waals surface area contributed by atoms with Crippen molar-refractivity contribution in [2.24, 2.45) is 10.7 Å². The van der Waals surface area contributed by atoms with Crippen LogP contribution in [0.25, 0.3) is 0 Å². The molecule has 1 fully saturated rings. The van der Waals surface area contributed by atoms with Gasteiger partial charge in [0.25, 0.3) is 0 Å². The summed E-state index contributed by atoms with van der Waals surface area (Å²) in [4.78, 5) is 17.7. The summed E-state index contributed by atoms with van der Waals surface area (Å²) in [6.07, 6.45) is 10.5. The van der Waals surface area contributed by atoms with Crippen molar-refractivity contribution in [2.75, 3.05) is 71.5 Å². The minimum Gasteiger partial charge on any atom is -0.497 e. The van der Waals surface area contributed by atoms with Crippen LogP contribution in [0.15, 0.2) is 77.9 Å². The molecule has 10 heteroatoms. The highest BCUT2D eigenvalue weighted by molar-refractivity contribution is 5.79. The quantitative estimate of drug-likeness (QED) is 0.0609. The number of nitrogens with two attached hydrogens (primary N) is 1. The maximum atomic E-state index is 9.63. The van der Waals surface area contributed by atoms with Crippen LogP contribution in [0.5, 0.6) is 11.5 Å². The van der Waals surface area contributed by atoms with Gasteiger partial charge in [-0.05, 0) is 99.9 Å². The number of nitriles is 1. The van der Waals surface area contributed by atoms with E-state index in [1.807, 2.05) is 36.5 Å². The Morgan fingerprint density at radius 2 is 1.74 bits per heavy atom. The van der Waals surface area contributed by atoms with Gasteiger partial charge in [0.1, 0.15) is 17.3 Å². The Balaban J connectivity index is 1.12. The Labute approximate surface area is 281 Å². The summed E-state index contributed by atoms with van der Waals surface area (Å²) in [6.45, 7) is 8.40. The average Bonchev–Trinajstić information content (AvgIpc) is 3.11. The number of ether oxygens (including phenoxy) is 2. The number of rotatable bonds is 19. The molecule has 1 aliphatic rings. The number of likely N-dealkylation sites (tertiary alicyclic amines) is 1. The zero-order chi connectivity index (χ0) is 33.1. The first-order valence-corrected chi connectivity index (χ1v) is 16.9. The topological polar surface area (TPSA) is 106 Å². The molecule has 2 heterocycles. The fourth-order valence-electron chi connectivity index (χ4n) is 5.68. The lowest BCUT2D eigenvalue weighted by Gasteiger charge is -2.27. The Morgan fingerprint density at radius 3 is 2.49 bits per heavy atom. The number of nitrogens with zero attached hydrogens (tertiary/aromatic N) is 7. The molecule has 1 aromatic heterocycles. The lowest BCUT2D eigenvalue weighted by atomic mass is 10.1. The van der Waals surface area contributed by atoms with Gasteiger partial charge in [0.15, 0.2) is 6.19 Å². The average molecular weight is 641 g/mol. The third-order valence-corrected chi connectivity index (χ3v) is 8.42. The number of likely N-dealkylation sites (N-methyl/N-ethyl adjacent to an activating group) is 1. The van der Waals surface area contributed by atoms with E-state index < -0.39 is 0 Å². The van der Waals surface area contributed by atoms with Crippen LogP contribution in [-0.4, -0.2) is 92.2 Å². The van der Waals surface area contributed by atoms with Gasteiger partial charge in [-0.1, -0.05) is 36.8 Å². The number of hydrogen-bond acceptors (Lipinski definition) is 8. The molecule has 0 spiro atoms. The molecule has 3 aromatic rings. The molecule has 0 amide bonds. The van der Waals surface area contributed by atoms with Crippen molar-refractivity contribution >= 4 is 11.8 Å². The van der Waals surface area contributed by atoms with E-state index in [1.54, 1.807) is 7.11 Å². The smallest absolute Gasteiger partial charge is 0.204 e. The molecular formula is C37H52N8O2. The third-order valence-electron chi connectivity index (χ3n) is 8.42. The maximum absolute atomic E-state index is 9.63. The number of pyridine rings is 1. The number of methoxy groups -OCH3 is 1. The van der Waals surface area contributed by atoms with E-state index in [0.29, 0.717) is 26.1 Å². The highest BCUT2D eigenvalue weighted by atomic mass is 16.5. The van der Waals surface area contributed by atoms with E-state index in [1.165, 1.54) is 48.4 Å². The summed E-state index contributed by atoms with van der Waals surface area (Å²) >= 11 is 0. The molecule has 1 saturated heterocycles. The number of piperidine rings is 1. The van der Waals surface area contributed by atoms with Gasteiger partial charge in [0, 0.05) is 51.9 Å². The van der Waals surface area contributed by atoms with Crippen molar-refractivity contribution in [3.63, 3.8) is 0 Å². The zero-order valence-electron chi connectivity index (χ0n) is 28.3. The Hall–Kier alpha value is -4.33. The lowest BCUT2D eigenvalue weighted by molar-refractivity contribution is 0.220. The molecule has 0 bridgehead atoms. The highest BCUT2D eigenvalue weighted by Gasteiger charge is 2.12. The molecule has 0 radical (unpaired) electrons. The van der Waals surface area contributed by atoms with Crippen LogP contribution in [0.4, 0.5) is 5.82 Å². The van der Waals surface area contributed by atoms with Crippen molar-refractivity contribution in [3.05, 3.63) is 84.1 Å². The molecule has 252 valence electrons. The van der Waals surface area contributed by atoms with E-state index in [4.69, 9.17) is 15.2 Å². The number of anilines is 1. The van der Waals surface area contributed by atoms with Crippen molar-refractivity contribution < 1.29 is 9.47 Å². The number of unbranched alkanes of at least 4 members (excludes halogenated alkanes) is 1. The van der Waals surface area contributed by atoms with E-state index in [9.17, 15) is 5.26 Å². The first-order chi connectivity index (χ1) is 23.0. The zero-order valence-corrected chi connectivity index (χ0v) is 28.3. The monoisotopic (exact) mass is 640 g/mol. The van der Waals surface area contributed by atoms with Crippen LogP contribution < -0.4 is 20.1 Å². The normalized spacial score (nSPS) is 13.7. The molecule has 2 N–H and O–H groups in total. The number of aromatic nitrogens is 1. The molecule has 1 aliphatic heterocycles. The van der Waals surface area contributed by atoms with E-state index in [-0.39, 0.29) is 5.96 Å². The number of aliphatic imine (C=N–C) groups is 1. The second-order valence-electron chi connectivity index (χ2n) is 12.1. The van der Waals surface area contributed by atoms with Gasteiger partial charge in [-0.3, -0.25) is 9.89 Å². The van der Waals surface area contributed by atoms with Gasteiger partial charge >= 0.3 is 0 Å². The van der Waals surface area contributed by atoms with Gasteiger partial charge in [0.2, 0.25) is 5.96 Å². The molecule has 0 aliphatic carbocycles. The summed E-state index contributed by atoms with van der Waals surface area (Å²) in [5.74, 6) is 2.96. The van der Waals surface area contributed by atoms with Crippen LogP contribution in [0.3, 0.4) is 0 Å². The summed E-state index contributed by atoms with van der Waals surface area (Å²) < 4.78 is 11.3.